The fourth-order valence-electron chi connectivity index (χ4n) is 2.31. The number of fused-ring (bicyclic) bond motifs is 1. The summed E-state index contributed by atoms with van der Waals surface area (Å²) in [5.74, 6) is -0.0513. The Hall–Kier alpha value is -2.03. The average Bonchev–Trinajstić information content (AvgIpc) is 2.96. The number of aromatic nitrogens is 1. The van der Waals surface area contributed by atoms with E-state index in [0.29, 0.717) is 20.5 Å². The topological polar surface area (TPSA) is 44.9 Å². The molecular weight excluding hydrogens is 327 g/mol. The van der Waals surface area contributed by atoms with E-state index in [1.54, 1.807) is 7.05 Å². The van der Waals surface area contributed by atoms with Crippen LogP contribution in [0.25, 0.3) is 10.9 Å². The minimum absolute atomic E-state index is 0.0513. The van der Waals surface area contributed by atoms with Crippen molar-refractivity contribution >= 4 is 36.2 Å². The molecule has 3 aromatic rings. The summed E-state index contributed by atoms with van der Waals surface area (Å²) in [6.45, 7) is 0. The molecule has 0 unspecified atom stereocenters. The second-order valence-corrected chi connectivity index (χ2v) is 6.87. The van der Waals surface area contributed by atoms with E-state index < -0.39 is 0 Å². The zero-order valence-corrected chi connectivity index (χ0v) is 13.4. The van der Waals surface area contributed by atoms with E-state index in [9.17, 15) is 4.79 Å². The first-order chi connectivity index (χ1) is 10.3. The summed E-state index contributed by atoms with van der Waals surface area (Å²) < 4.78 is 1.31. The van der Waals surface area contributed by atoms with Gasteiger partial charge in [0, 0.05) is 0 Å². The van der Waals surface area contributed by atoms with Gasteiger partial charge in [0.05, 0.1) is 0 Å². The first-order valence-corrected chi connectivity index (χ1v) is 8.85. The van der Waals surface area contributed by atoms with Crippen LogP contribution in [0.1, 0.15) is 15.9 Å². The molecule has 0 aliphatic heterocycles. The van der Waals surface area contributed by atoms with Gasteiger partial charge < -0.3 is 0 Å². The fourth-order valence-corrected chi connectivity index (χ4v) is 4.37. The van der Waals surface area contributed by atoms with Crippen molar-refractivity contribution in [3.05, 3.63) is 65.9 Å². The van der Waals surface area contributed by atoms with Gasteiger partial charge >= 0.3 is 130 Å². The molecule has 106 valence electrons. The third kappa shape index (κ3) is 2.87. The number of hydrogen-bond donors (Lipinski definition) is 2. The van der Waals surface area contributed by atoms with E-state index in [1.807, 2.05) is 24.4 Å². The number of carbonyl (C=O) groups is 1. The molecule has 0 bridgehead atoms. The van der Waals surface area contributed by atoms with Crippen molar-refractivity contribution in [1.82, 2.24) is 10.3 Å². The fraction of sp³-hybridized carbons (Fsp3) is 0.118. The molecule has 0 saturated carbocycles. The van der Waals surface area contributed by atoms with E-state index in [1.165, 1.54) is 10.0 Å². The van der Waals surface area contributed by atoms with Gasteiger partial charge in [0.15, 0.2) is 0 Å². The predicted octanol–water partition coefficient (Wildman–Crippen LogP) is 2.06. The molecule has 1 amide bonds. The third-order valence-electron chi connectivity index (χ3n) is 3.39. The molecule has 0 saturated heterocycles. The molecular formula is C17H16N2OSe. The quantitative estimate of drug-likeness (QED) is 0.700. The molecule has 0 radical (unpaired) electrons. The van der Waals surface area contributed by atoms with Gasteiger partial charge in [0.2, 0.25) is 0 Å². The van der Waals surface area contributed by atoms with Crippen LogP contribution >= 0.6 is 0 Å². The molecule has 0 fully saturated rings. The van der Waals surface area contributed by atoms with Crippen LogP contribution in [0.5, 0.6) is 0 Å². The Morgan fingerprint density at radius 1 is 1.14 bits per heavy atom. The summed E-state index contributed by atoms with van der Waals surface area (Å²) in [7, 11) is 1.66. The van der Waals surface area contributed by atoms with Crippen molar-refractivity contribution in [1.29, 1.82) is 0 Å². The van der Waals surface area contributed by atoms with E-state index in [4.69, 9.17) is 0 Å². The minimum atomic E-state index is -0.0513. The number of aromatic amines is 1. The number of para-hydroxylation sites is 1. The number of nitrogens with one attached hydrogen (secondary N) is 2. The summed E-state index contributed by atoms with van der Waals surface area (Å²) in [5.41, 5.74) is 2.99. The van der Waals surface area contributed by atoms with Gasteiger partial charge in [-0.3, -0.25) is 0 Å². The number of H-pyrrole nitrogens is 1. The van der Waals surface area contributed by atoms with E-state index >= 15 is 0 Å². The normalized spacial score (nSPS) is 10.7. The van der Waals surface area contributed by atoms with Crippen LogP contribution in [0.2, 0.25) is 0 Å². The molecule has 0 spiro atoms. The first kappa shape index (κ1) is 13.9. The van der Waals surface area contributed by atoms with E-state index in [-0.39, 0.29) is 5.91 Å². The van der Waals surface area contributed by atoms with Crippen LogP contribution in [0, 0.1) is 0 Å². The third-order valence-corrected chi connectivity index (χ3v) is 5.75. The number of benzene rings is 2. The molecule has 0 atom stereocenters. The maximum atomic E-state index is 11.9. The summed E-state index contributed by atoms with van der Waals surface area (Å²) in [4.78, 5) is 15.2. The monoisotopic (exact) mass is 344 g/mol. The Bertz CT molecular complexity index is 765. The summed E-state index contributed by atoms with van der Waals surface area (Å²) >= 11 is 0.348. The van der Waals surface area contributed by atoms with Crippen molar-refractivity contribution in [2.75, 3.05) is 7.05 Å². The van der Waals surface area contributed by atoms with Gasteiger partial charge in [-0.1, -0.05) is 0 Å². The Kier molecular flexibility index (Phi) is 4.09. The van der Waals surface area contributed by atoms with Gasteiger partial charge in [0.25, 0.3) is 0 Å². The van der Waals surface area contributed by atoms with Crippen LogP contribution < -0.4 is 9.78 Å². The standard InChI is InChI=1S/C17H16N2OSe/c1-18-17(20)14-9-5-8-13-15(10-19-16(13)14)21-11-12-6-3-2-4-7-12/h2-10,19H,11H2,1H3,(H,18,20). The number of carbonyl (C=O) groups excluding carboxylic acids is 1. The Morgan fingerprint density at radius 3 is 2.71 bits per heavy atom. The van der Waals surface area contributed by atoms with Gasteiger partial charge in [0.1, 0.15) is 0 Å². The van der Waals surface area contributed by atoms with Gasteiger partial charge in [-0.05, 0) is 0 Å². The molecule has 0 aliphatic rings. The molecule has 2 N–H and O–H groups in total. The van der Waals surface area contributed by atoms with Crippen LogP contribution in [0.4, 0.5) is 0 Å². The van der Waals surface area contributed by atoms with E-state index in [0.717, 1.165) is 16.2 Å². The molecule has 21 heavy (non-hydrogen) atoms. The SMILES string of the molecule is CNC(=O)c1cccc2c([Se]Cc3ccccc3)c[nH]c12. The summed E-state index contributed by atoms with van der Waals surface area (Å²) in [6, 6.07) is 16.4. The Morgan fingerprint density at radius 2 is 1.95 bits per heavy atom. The zero-order valence-electron chi connectivity index (χ0n) is 11.7. The van der Waals surface area contributed by atoms with Crippen LogP contribution in [-0.2, 0) is 5.32 Å². The maximum absolute atomic E-state index is 11.9. The molecule has 1 heterocycles. The van der Waals surface area contributed by atoms with E-state index in [2.05, 4.69) is 40.6 Å². The van der Waals surface area contributed by atoms with Crippen molar-refractivity contribution in [3.8, 4) is 0 Å². The molecule has 2 aromatic carbocycles. The number of rotatable bonds is 4. The second-order valence-electron chi connectivity index (χ2n) is 4.73. The van der Waals surface area contributed by atoms with Crippen molar-refractivity contribution < 1.29 is 4.79 Å². The second kappa shape index (κ2) is 6.17. The molecule has 3 rings (SSSR count). The predicted molar refractivity (Wildman–Crippen MR) is 87.2 cm³/mol. The van der Waals surface area contributed by atoms with Gasteiger partial charge in [-0.25, -0.2) is 0 Å². The molecule has 4 heteroatoms. The molecule has 1 aromatic heterocycles. The Balaban J connectivity index is 1.89. The summed E-state index contributed by atoms with van der Waals surface area (Å²) in [5, 5.41) is 4.91. The van der Waals surface area contributed by atoms with Crippen LogP contribution in [0.15, 0.2) is 54.7 Å². The zero-order chi connectivity index (χ0) is 14.7. The van der Waals surface area contributed by atoms with Crippen LogP contribution in [-0.4, -0.2) is 32.9 Å². The average molecular weight is 343 g/mol. The van der Waals surface area contributed by atoms with Gasteiger partial charge in [-0.15, -0.1) is 0 Å². The van der Waals surface area contributed by atoms with Crippen molar-refractivity contribution in [2.45, 2.75) is 5.32 Å². The molecule has 0 aliphatic carbocycles. The number of hydrogen-bond acceptors (Lipinski definition) is 1. The van der Waals surface area contributed by atoms with Crippen LogP contribution in [0.3, 0.4) is 0 Å². The van der Waals surface area contributed by atoms with Gasteiger partial charge in [-0.2, -0.15) is 0 Å². The molecule has 3 nitrogen and oxygen atoms in total. The Labute approximate surface area is 129 Å². The first-order valence-electron chi connectivity index (χ1n) is 6.78. The van der Waals surface area contributed by atoms with Crippen molar-refractivity contribution in [3.63, 3.8) is 0 Å². The number of amides is 1. The van der Waals surface area contributed by atoms with Crippen molar-refractivity contribution in [2.24, 2.45) is 0 Å². The summed E-state index contributed by atoms with van der Waals surface area (Å²) in [6.07, 6.45) is 2.04.